The van der Waals surface area contributed by atoms with E-state index in [0.29, 0.717) is 18.1 Å². The van der Waals surface area contributed by atoms with Gasteiger partial charge in [-0.2, -0.15) is 4.99 Å². The molecule has 1 saturated heterocycles. The molecule has 1 aromatic heterocycles. The lowest BCUT2D eigenvalue weighted by Gasteiger charge is -2.27. The summed E-state index contributed by atoms with van der Waals surface area (Å²) in [6.07, 6.45) is 5.27. The molecule has 0 saturated carbocycles. The first-order valence-electron chi connectivity index (χ1n) is 6.08. The number of hydrogen-bond donors (Lipinski definition) is 0. The number of rotatable bonds is 1. The Morgan fingerprint density at radius 1 is 1.26 bits per heavy atom. The Hall–Kier alpha value is -1.66. The number of ether oxygens (including phenoxy) is 1. The lowest BCUT2D eigenvalue weighted by atomic mass is 10.2. The second kappa shape index (κ2) is 5.54. The first-order chi connectivity index (χ1) is 9.33. The number of thioether (sulfide) groups is 1. The van der Waals surface area contributed by atoms with E-state index in [0.717, 1.165) is 23.8 Å². The predicted octanol–water partition coefficient (Wildman–Crippen LogP) is 1.38. The van der Waals surface area contributed by atoms with E-state index in [9.17, 15) is 4.79 Å². The number of hydrogen-bond acceptors (Lipinski definition) is 5. The lowest BCUT2D eigenvalue weighted by Crippen LogP contribution is -2.38. The zero-order chi connectivity index (χ0) is 13.1. The van der Waals surface area contributed by atoms with Gasteiger partial charge in [0.2, 0.25) is 0 Å². The van der Waals surface area contributed by atoms with E-state index in [1.807, 2.05) is 18.2 Å². The Bertz CT molecular complexity index is 536. The van der Waals surface area contributed by atoms with E-state index in [2.05, 4.69) is 14.9 Å². The average molecular weight is 275 g/mol. The molecule has 1 amide bonds. The predicted molar refractivity (Wildman–Crippen MR) is 74.6 cm³/mol. The van der Waals surface area contributed by atoms with Crippen LogP contribution >= 0.6 is 11.8 Å². The van der Waals surface area contributed by atoms with Gasteiger partial charge in [0.25, 0.3) is 5.91 Å². The van der Waals surface area contributed by atoms with Crippen LogP contribution in [0.3, 0.4) is 0 Å². The van der Waals surface area contributed by atoms with Crippen LogP contribution in [0.4, 0.5) is 0 Å². The monoisotopic (exact) mass is 275 g/mol. The quantitative estimate of drug-likeness (QED) is 0.725. The van der Waals surface area contributed by atoms with E-state index in [-0.39, 0.29) is 5.91 Å². The van der Waals surface area contributed by atoms with Crippen LogP contribution in [0.25, 0.3) is 6.08 Å². The molecule has 0 radical (unpaired) electrons. The fourth-order valence-electron chi connectivity index (χ4n) is 1.90. The van der Waals surface area contributed by atoms with E-state index in [1.54, 1.807) is 12.4 Å². The molecule has 98 valence electrons. The Balaban J connectivity index is 1.74. The van der Waals surface area contributed by atoms with E-state index in [1.165, 1.54) is 11.8 Å². The first kappa shape index (κ1) is 12.4. The van der Waals surface area contributed by atoms with Gasteiger partial charge < -0.3 is 9.64 Å². The summed E-state index contributed by atoms with van der Waals surface area (Å²) in [5.41, 5.74) is 0.962. The molecule has 6 heteroatoms. The van der Waals surface area contributed by atoms with Gasteiger partial charge in [-0.05, 0) is 35.5 Å². The van der Waals surface area contributed by atoms with Crippen LogP contribution in [0.5, 0.6) is 0 Å². The van der Waals surface area contributed by atoms with Crippen molar-refractivity contribution in [1.29, 1.82) is 0 Å². The molecule has 0 spiro atoms. The van der Waals surface area contributed by atoms with Crippen molar-refractivity contribution < 1.29 is 9.53 Å². The third kappa shape index (κ3) is 2.85. The van der Waals surface area contributed by atoms with E-state index >= 15 is 0 Å². The molecule has 2 aliphatic heterocycles. The molecular formula is C13H13N3O2S. The summed E-state index contributed by atoms with van der Waals surface area (Å²) in [6.45, 7) is 2.97. The Morgan fingerprint density at radius 2 is 2.00 bits per heavy atom. The number of aliphatic imine (C=N–C) groups is 1. The number of pyridine rings is 1. The van der Waals surface area contributed by atoms with Crippen LogP contribution in [0.2, 0.25) is 0 Å². The third-order valence-electron chi connectivity index (χ3n) is 2.89. The molecule has 3 heterocycles. The van der Waals surface area contributed by atoms with Gasteiger partial charge in [-0.15, -0.1) is 0 Å². The van der Waals surface area contributed by atoms with Gasteiger partial charge in [0.05, 0.1) is 18.1 Å². The van der Waals surface area contributed by atoms with E-state index in [4.69, 9.17) is 4.74 Å². The molecular weight excluding hydrogens is 262 g/mol. The minimum Gasteiger partial charge on any atom is -0.378 e. The second-order valence-electron chi connectivity index (χ2n) is 4.19. The van der Waals surface area contributed by atoms with Crippen molar-refractivity contribution in [3.63, 3.8) is 0 Å². The van der Waals surface area contributed by atoms with Gasteiger partial charge in [-0.25, -0.2) is 0 Å². The van der Waals surface area contributed by atoms with Crippen LogP contribution in [0, 0.1) is 0 Å². The van der Waals surface area contributed by atoms with Crippen molar-refractivity contribution in [3.8, 4) is 0 Å². The SMILES string of the molecule is O=C1N=C(N2CCOCC2)S/C1=C/c1ccncc1. The lowest BCUT2D eigenvalue weighted by molar-refractivity contribution is -0.113. The van der Waals surface area contributed by atoms with Gasteiger partial charge in [0.1, 0.15) is 0 Å². The van der Waals surface area contributed by atoms with Crippen LogP contribution in [0.15, 0.2) is 34.4 Å². The molecule has 0 aromatic carbocycles. The Morgan fingerprint density at radius 3 is 2.74 bits per heavy atom. The maximum absolute atomic E-state index is 11.9. The largest absolute Gasteiger partial charge is 0.378 e. The summed E-state index contributed by atoms with van der Waals surface area (Å²) in [5, 5.41) is 0.786. The number of amides is 1. The molecule has 0 atom stereocenters. The minimum absolute atomic E-state index is 0.164. The highest BCUT2D eigenvalue weighted by Gasteiger charge is 2.26. The molecule has 2 aliphatic rings. The first-order valence-corrected chi connectivity index (χ1v) is 6.90. The van der Waals surface area contributed by atoms with E-state index < -0.39 is 0 Å². The summed E-state index contributed by atoms with van der Waals surface area (Å²) >= 11 is 1.43. The van der Waals surface area contributed by atoms with Gasteiger partial charge in [0.15, 0.2) is 5.17 Å². The maximum atomic E-state index is 11.9. The van der Waals surface area contributed by atoms with Crippen molar-refractivity contribution in [2.24, 2.45) is 4.99 Å². The third-order valence-corrected chi connectivity index (χ3v) is 3.94. The number of morpholine rings is 1. The highest BCUT2D eigenvalue weighted by Crippen LogP contribution is 2.30. The van der Waals surface area contributed by atoms with Crippen LogP contribution < -0.4 is 0 Å². The summed E-state index contributed by atoms with van der Waals surface area (Å²) in [4.78, 5) is 22.7. The number of nitrogens with zero attached hydrogens (tertiary/aromatic N) is 3. The summed E-state index contributed by atoms with van der Waals surface area (Å²) < 4.78 is 5.30. The molecule has 1 aromatic rings. The molecule has 1 fully saturated rings. The van der Waals surface area contributed by atoms with Gasteiger partial charge in [-0.3, -0.25) is 9.78 Å². The summed E-state index contributed by atoms with van der Waals surface area (Å²) in [6, 6.07) is 3.74. The smallest absolute Gasteiger partial charge is 0.286 e. The fourth-order valence-corrected chi connectivity index (χ4v) is 2.86. The number of amidine groups is 1. The zero-order valence-electron chi connectivity index (χ0n) is 10.3. The molecule has 0 aliphatic carbocycles. The van der Waals surface area contributed by atoms with Crippen LogP contribution in [0.1, 0.15) is 5.56 Å². The summed E-state index contributed by atoms with van der Waals surface area (Å²) in [5.74, 6) is -0.164. The fraction of sp³-hybridized carbons (Fsp3) is 0.308. The van der Waals surface area contributed by atoms with Crippen LogP contribution in [-0.4, -0.2) is 47.3 Å². The van der Waals surface area contributed by atoms with Crippen LogP contribution in [-0.2, 0) is 9.53 Å². The highest BCUT2D eigenvalue weighted by atomic mass is 32.2. The molecule has 0 unspecified atom stereocenters. The maximum Gasteiger partial charge on any atom is 0.286 e. The topological polar surface area (TPSA) is 54.8 Å². The second-order valence-corrected chi connectivity index (χ2v) is 5.20. The molecule has 0 bridgehead atoms. The van der Waals surface area contributed by atoms with Crippen molar-refractivity contribution >= 4 is 28.9 Å². The number of carbonyl (C=O) groups is 1. The van der Waals surface area contributed by atoms with Crippen molar-refractivity contribution in [1.82, 2.24) is 9.88 Å². The van der Waals surface area contributed by atoms with Crippen molar-refractivity contribution in [2.45, 2.75) is 0 Å². The Labute approximate surface area is 115 Å². The summed E-state index contributed by atoms with van der Waals surface area (Å²) in [7, 11) is 0. The van der Waals surface area contributed by atoms with Crippen molar-refractivity contribution in [3.05, 3.63) is 35.0 Å². The Kier molecular flexibility index (Phi) is 3.61. The standard InChI is InChI=1S/C13H13N3O2S/c17-12-11(9-10-1-3-14-4-2-10)19-13(15-12)16-5-7-18-8-6-16/h1-4,9H,5-8H2/b11-9+. The molecule has 19 heavy (non-hydrogen) atoms. The van der Waals surface area contributed by atoms with Gasteiger partial charge in [0, 0.05) is 25.5 Å². The van der Waals surface area contributed by atoms with Gasteiger partial charge >= 0.3 is 0 Å². The zero-order valence-corrected chi connectivity index (χ0v) is 11.1. The highest BCUT2D eigenvalue weighted by molar-refractivity contribution is 8.18. The molecule has 5 nitrogen and oxygen atoms in total. The number of aromatic nitrogens is 1. The van der Waals surface area contributed by atoms with Gasteiger partial charge in [-0.1, -0.05) is 0 Å². The normalized spacial score (nSPS) is 21.9. The average Bonchev–Trinajstić information content (AvgIpc) is 2.82. The van der Waals surface area contributed by atoms with Crippen molar-refractivity contribution in [2.75, 3.05) is 26.3 Å². The minimum atomic E-state index is -0.164. The molecule has 3 rings (SSSR count). The molecule has 0 N–H and O–H groups in total. The number of carbonyl (C=O) groups excluding carboxylic acids is 1.